The lowest BCUT2D eigenvalue weighted by Crippen LogP contribution is -2.55. The average molecular weight is 358 g/mol. The van der Waals surface area contributed by atoms with Crippen molar-refractivity contribution in [3.8, 4) is 0 Å². The molecule has 4 aliphatic carbocycles. The molecule has 3 fully saturated rings. The van der Waals surface area contributed by atoms with Gasteiger partial charge in [0.15, 0.2) is 11.6 Å². The fourth-order valence-electron chi connectivity index (χ4n) is 7.16. The van der Waals surface area contributed by atoms with E-state index in [-0.39, 0.29) is 40.8 Å². The van der Waals surface area contributed by atoms with Crippen LogP contribution in [0.5, 0.6) is 0 Å². The van der Waals surface area contributed by atoms with Crippen molar-refractivity contribution in [2.45, 2.75) is 58.8 Å². The maximum absolute atomic E-state index is 13.4. The largest absolute Gasteiger partial charge is 0.377 e. The van der Waals surface area contributed by atoms with Crippen LogP contribution in [0.3, 0.4) is 0 Å². The highest BCUT2D eigenvalue weighted by molar-refractivity contribution is 5.93. The Balaban J connectivity index is 1.68. The third kappa shape index (κ3) is 2.41. The van der Waals surface area contributed by atoms with Crippen LogP contribution in [0.2, 0.25) is 0 Å². The maximum Gasteiger partial charge on any atom is 0.162 e. The number of methoxy groups -OCH3 is 1. The fourth-order valence-corrected chi connectivity index (χ4v) is 7.16. The van der Waals surface area contributed by atoms with Gasteiger partial charge in [0.05, 0.1) is 0 Å². The minimum Gasteiger partial charge on any atom is -0.377 e. The van der Waals surface area contributed by atoms with Crippen LogP contribution in [0.1, 0.15) is 58.8 Å². The number of ketones is 3. The second kappa shape index (κ2) is 6.12. The number of ether oxygens (including phenoxy) is 1. The molecule has 0 saturated heterocycles. The van der Waals surface area contributed by atoms with Gasteiger partial charge < -0.3 is 4.74 Å². The number of allylic oxidation sites excluding steroid dienone is 1. The van der Waals surface area contributed by atoms with Crippen molar-refractivity contribution in [1.82, 2.24) is 0 Å². The van der Waals surface area contributed by atoms with Gasteiger partial charge in [-0.3, -0.25) is 14.4 Å². The Morgan fingerprint density at radius 3 is 2.69 bits per heavy atom. The van der Waals surface area contributed by atoms with Gasteiger partial charge in [0.1, 0.15) is 12.4 Å². The normalized spacial score (nSPS) is 44.8. The minimum absolute atomic E-state index is 0.0324. The molecule has 0 N–H and O–H groups in total. The van der Waals surface area contributed by atoms with E-state index in [1.54, 1.807) is 7.11 Å². The topological polar surface area (TPSA) is 60.4 Å². The van der Waals surface area contributed by atoms with Gasteiger partial charge in [-0.25, -0.2) is 0 Å². The molecule has 0 amide bonds. The molecule has 4 heteroatoms. The molecule has 0 radical (unpaired) electrons. The van der Waals surface area contributed by atoms with E-state index in [9.17, 15) is 14.4 Å². The minimum atomic E-state index is -0.212. The number of carbonyl (C=O) groups is 3. The van der Waals surface area contributed by atoms with E-state index in [2.05, 4.69) is 13.8 Å². The lowest BCUT2D eigenvalue weighted by molar-refractivity contribution is -0.149. The van der Waals surface area contributed by atoms with Gasteiger partial charge in [-0.1, -0.05) is 19.4 Å². The summed E-state index contributed by atoms with van der Waals surface area (Å²) in [5.41, 5.74) is 0.844. The van der Waals surface area contributed by atoms with Crippen LogP contribution >= 0.6 is 0 Å². The maximum atomic E-state index is 13.4. The van der Waals surface area contributed by atoms with Crippen molar-refractivity contribution in [3.05, 3.63) is 11.6 Å². The molecule has 6 atom stereocenters. The number of rotatable bonds is 3. The first-order chi connectivity index (χ1) is 12.3. The molecule has 3 saturated carbocycles. The zero-order chi connectivity index (χ0) is 18.7. The molecule has 0 heterocycles. The second-order valence-electron chi connectivity index (χ2n) is 9.52. The highest BCUT2D eigenvalue weighted by Gasteiger charge is 2.62. The van der Waals surface area contributed by atoms with E-state index in [4.69, 9.17) is 4.74 Å². The number of hydrogen-bond acceptors (Lipinski definition) is 4. The van der Waals surface area contributed by atoms with Crippen LogP contribution in [-0.2, 0) is 19.1 Å². The van der Waals surface area contributed by atoms with Crippen LogP contribution in [0.4, 0.5) is 0 Å². The van der Waals surface area contributed by atoms with Crippen molar-refractivity contribution in [2.24, 2.45) is 34.5 Å². The quantitative estimate of drug-likeness (QED) is 0.774. The summed E-state index contributed by atoms with van der Waals surface area (Å²) in [6.07, 6.45) is 7.55. The summed E-state index contributed by atoms with van der Waals surface area (Å²) >= 11 is 0. The molecule has 0 aromatic carbocycles. The Kier molecular flexibility index (Phi) is 4.26. The van der Waals surface area contributed by atoms with E-state index in [0.717, 1.165) is 32.1 Å². The van der Waals surface area contributed by atoms with Crippen LogP contribution in [0, 0.1) is 34.5 Å². The van der Waals surface area contributed by atoms with Crippen molar-refractivity contribution in [2.75, 3.05) is 13.7 Å². The molecule has 142 valence electrons. The predicted molar refractivity (Wildman–Crippen MR) is 97.5 cm³/mol. The smallest absolute Gasteiger partial charge is 0.162 e. The lowest BCUT2D eigenvalue weighted by Gasteiger charge is -2.56. The Bertz CT molecular complexity index is 692. The molecule has 26 heavy (non-hydrogen) atoms. The Labute approximate surface area is 155 Å². The molecule has 4 aliphatic rings. The highest BCUT2D eigenvalue weighted by atomic mass is 16.5. The zero-order valence-corrected chi connectivity index (χ0v) is 16.2. The van der Waals surface area contributed by atoms with Crippen molar-refractivity contribution < 1.29 is 19.1 Å². The first kappa shape index (κ1) is 18.1. The van der Waals surface area contributed by atoms with Gasteiger partial charge in [0.25, 0.3) is 0 Å². The van der Waals surface area contributed by atoms with E-state index >= 15 is 0 Å². The van der Waals surface area contributed by atoms with Crippen molar-refractivity contribution in [1.29, 1.82) is 0 Å². The monoisotopic (exact) mass is 358 g/mol. The number of carbonyl (C=O) groups excluding carboxylic acids is 3. The third-order valence-corrected chi connectivity index (χ3v) is 8.32. The van der Waals surface area contributed by atoms with Crippen molar-refractivity contribution in [3.63, 3.8) is 0 Å². The van der Waals surface area contributed by atoms with Crippen molar-refractivity contribution >= 4 is 17.3 Å². The van der Waals surface area contributed by atoms with Gasteiger partial charge in [-0.15, -0.1) is 0 Å². The highest BCUT2D eigenvalue weighted by Crippen LogP contribution is 2.65. The fraction of sp³-hybridized carbons (Fsp3) is 0.773. The summed E-state index contributed by atoms with van der Waals surface area (Å²) in [7, 11) is 1.56. The molecule has 4 rings (SSSR count). The third-order valence-electron chi connectivity index (χ3n) is 8.32. The molecule has 0 aliphatic heterocycles. The summed E-state index contributed by atoms with van der Waals surface area (Å²) in [5.74, 6) is 1.49. The summed E-state index contributed by atoms with van der Waals surface area (Å²) in [6, 6.07) is 0. The van der Waals surface area contributed by atoms with E-state index in [0.29, 0.717) is 30.5 Å². The van der Waals surface area contributed by atoms with Gasteiger partial charge >= 0.3 is 0 Å². The summed E-state index contributed by atoms with van der Waals surface area (Å²) in [4.78, 5) is 37.9. The molecule has 0 aromatic heterocycles. The van der Waals surface area contributed by atoms with Gasteiger partial charge in [-0.05, 0) is 60.8 Å². The van der Waals surface area contributed by atoms with Crippen LogP contribution in [0.15, 0.2) is 11.6 Å². The first-order valence-electron chi connectivity index (χ1n) is 10.1. The van der Waals surface area contributed by atoms with E-state index < -0.39 is 0 Å². The standard InChI is InChI=1S/C22H30O4/c1-21-9-8-14(23)10-13(21)4-5-15-16-6-7-17(19(25)12-26-3)22(16,2)11-18(24)20(15)21/h10,15-17,20H,4-9,11-12H2,1-3H3/t15-,16-,17+,20+,21-,22-/m0/s1. The second-order valence-corrected chi connectivity index (χ2v) is 9.52. The number of Topliss-reactive ketones (excluding diaryl/α,β-unsaturated/α-hetero) is 2. The Hall–Kier alpha value is -1.29. The van der Waals surface area contributed by atoms with E-state index in [1.807, 2.05) is 6.08 Å². The summed E-state index contributed by atoms with van der Waals surface area (Å²) in [5, 5.41) is 0. The van der Waals surface area contributed by atoms with Gasteiger partial charge in [-0.2, -0.15) is 0 Å². The van der Waals surface area contributed by atoms with E-state index in [1.165, 1.54) is 5.57 Å². The van der Waals surface area contributed by atoms with Crippen LogP contribution in [0.25, 0.3) is 0 Å². The summed E-state index contributed by atoms with van der Waals surface area (Å²) in [6.45, 7) is 4.54. The molecule has 0 unspecified atom stereocenters. The lowest BCUT2D eigenvalue weighted by atomic mass is 9.46. The molecule has 4 nitrogen and oxygen atoms in total. The van der Waals surface area contributed by atoms with Gasteiger partial charge in [0, 0.05) is 31.8 Å². The molecular formula is C22H30O4. The molecule has 0 aromatic rings. The average Bonchev–Trinajstić information content (AvgIpc) is 2.92. The Morgan fingerprint density at radius 1 is 1.19 bits per heavy atom. The number of hydrogen-bond donors (Lipinski definition) is 0. The zero-order valence-electron chi connectivity index (χ0n) is 16.2. The number of fused-ring (bicyclic) bond motifs is 5. The summed E-state index contributed by atoms with van der Waals surface area (Å²) < 4.78 is 5.10. The predicted octanol–water partition coefficient (Wildman–Crippen LogP) is 3.53. The van der Waals surface area contributed by atoms with Crippen LogP contribution in [-0.4, -0.2) is 31.1 Å². The Morgan fingerprint density at radius 2 is 1.96 bits per heavy atom. The molecule has 0 bridgehead atoms. The van der Waals surface area contributed by atoms with Crippen LogP contribution < -0.4 is 0 Å². The SMILES string of the molecule is COCC(=O)[C@H]1CC[C@H]2[C@@H]3CCC4=CC(=O)CC[C@]4(C)[C@H]3C(=O)C[C@]12C. The molecule has 0 spiro atoms. The van der Waals surface area contributed by atoms with Gasteiger partial charge in [0.2, 0.25) is 0 Å². The first-order valence-corrected chi connectivity index (χ1v) is 10.1. The molecular weight excluding hydrogens is 328 g/mol.